The summed E-state index contributed by atoms with van der Waals surface area (Å²) in [5.41, 5.74) is 0.274. The van der Waals surface area contributed by atoms with Gasteiger partial charge in [-0.15, -0.1) is 0 Å². The molecule has 1 atom stereocenters. The van der Waals surface area contributed by atoms with E-state index in [0.29, 0.717) is 6.54 Å². The number of aromatic nitrogens is 1. The quantitative estimate of drug-likeness (QED) is 0.611. The van der Waals surface area contributed by atoms with E-state index in [-0.39, 0.29) is 23.5 Å². The molecule has 1 amide bonds. The number of rotatable bonds is 4. The number of nitrogens with one attached hydrogen (secondary N) is 2. The van der Waals surface area contributed by atoms with Crippen LogP contribution >= 0.6 is 0 Å². The molecule has 1 aliphatic heterocycles. The number of nitro groups is 1. The van der Waals surface area contributed by atoms with Crippen LogP contribution in [-0.4, -0.2) is 46.4 Å². The van der Waals surface area contributed by atoms with Crippen LogP contribution in [0.2, 0.25) is 0 Å². The fraction of sp³-hybridized carbons (Fsp3) is 0.545. The van der Waals surface area contributed by atoms with Gasteiger partial charge in [-0.05, 0) is 30.9 Å². The van der Waals surface area contributed by atoms with Crippen LogP contribution in [0.25, 0.3) is 0 Å². The SMILES string of the molecule is CCN(C(=O)c1ccc([N+](=O)[O-])[nH]1)C1CCNC1. The number of carbonyl (C=O) groups excluding carboxylic acids is 1. The van der Waals surface area contributed by atoms with Crippen LogP contribution in [0.4, 0.5) is 5.82 Å². The average Bonchev–Trinajstić information content (AvgIpc) is 3.01. The molecule has 7 heteroatoms. The van der Waals surface area contributed by atoms with Crippen molar-refractivity contribution in [3.05, 3.63) is 27.9 Å². The maximum absolute atomic E-state index is 12.2. The summed E-state index contributed by atoms with van der Waals surface area (Å²) in [5, 5.41) is 13.8. The van der Waals surface area contributed by atoms with Crippen molar-refractivity contribution in [3.63, 3.8) is 0 Å². The minimum atomic E-state index is -0.538. The third kappa shape index (κ3) is 2.35. The van der Waals surface area contributed by atoms with Crippen LogP contribution in [0.3, 0.4) is 0 Å². The lowest BCUT2D eigenvalue weighted by atomic mass is 10.2. The van der Waals surface area contributed by atoms with Crippen molar-refractivity contribution >= 4 is 11.7 Å². The summed E-state index contributed by atoms with van der Waals surface area (Å²) >= 11 is 0. The molecular formula is C11H16N4O3. The molecule has 0 aromatic carbocycles. The molecule has 1 aromatic heterocycles. The van der Waals surface area contributed by atoms with E-state index in [1.165, 1.54) is 12.1 Å². The highest BCUT2D eigenvalue weighted by Crippen LogP contribution is 2.15. The van der Waals surface area contributed by atoms with Crippen LogP contribution in [0.5, 0.6) is 0 Å². The molecule has 0 bridgehead atoms. The monoisotopic (exact) mass is 252 g/mol. The number of carbonyl (C=O) groups is 1. The third-order valence-corrected chi connectivity index (χ3v) is 3.17. The molecule has 98 valence electrons. The predicted molar refractivity (Wildman–Crippen MR) is 65.4 cm³/mol. The van der Waals surface area contributed by atoms with E-state index in [1.807, 2.05) is 6.92 Å². The number of H-pyrrole nitrogens is 1. The largest absolute Gasteiger partial charge is 0.358 e. The summed E-state index contributed by atoms with van der Waals surface area (Å²) in [4.78, 5) is 26.6. The Balaban J connectivity index is 2.14. The van der Waals surface area contributed by atoms with Gasteiger partial charge in [0.05, 0.1) is 0 Å². The van der Waals surface area contributed by atoms with Crippen LogP contribution in [0, 0.1) is 10.1 Å². The normalized spacial score (nSPS) is 18.8. The molecule has 1 aromatic rings. The van der Waals surface area contributed by atoms with Crippen molar-refractivity contribution in [1.29, 1.82) is 0 Å². The van der Waals surface area contributed by atoms with E-state index in [0.717, 1.165) is 19.5 Å². The average molecular weight is 252 g/mol. The van der Waals surface area contributed by atoms with Gasteiger partial charge in [0.25, 0.3) is 5.91 Å². The van der Waals surface area contributed by atoms with Crippen LogP contribution in [0.1, 0.15) is 23.8 Å². The molecule has 18 heavy (non-hydrogen) atoms. The number of hydrogen-bond acceptors (Lipinski definition) is 4. The molecule has 0 radical (unpaired) electrons. The Labute approximate surface area is 104 Å². The van der Waals surface area contributed by atoms with E-state index in [1.54, 1.807) is 4.90 Å². The van der Waals surface area contributed by atoms with E-state index >= 15 is 0 Å². The standard InChI is InChI=1S/C11H16N4O3/c1-2-14(8-5-6-12-7-8)11(16)9-3-4-10(13-9)15(17)18/h3-4,8,12-13H,2,5-7H2,1H3. The lowest BCUT2D eigenvalue weighted by Gasteiger charge is -2.25. The Bertz CT molecular complexity index is 451. The second-order valence-electron chi connectivity index (χ2n) is 4.25. The summed E-state index contributed by atoms with van der Waals surface area (Å²) in [6, 6.07) is 2.95. The van der Waals surface area contributed by atoms with Crippen molar-refractivity contribution in [2.75, 3.05) is 19.6 Å². The molecule has 0 spiro atoms. The van der Waals surface area contributed by atoms with E-state index < -0.39 is 4.92 Å². The zero-order valence-corrected chi connectivity index (χ0v) is 10.2. The second-order valence-corrected chi connectivity index (χ2v) is 4.25. The summed E-state index contributed by atoms with van der Waals surface area (Å²) in [5.74, 6) is -0.335. The molecule has 2 rings (SSSR count). The van der Waals surface area contributed by atoms with Gasteiger partial charge in [0.15, 0.2) is 5.69 Å². The van der Waals surface area contributed by atoms with Gasteiger partial charge < -0.3 is 20.3 Å². The third-order valence-electron chi connectivity index (χ3n) is 3.17. The number of hydrogen-bond donors (Lipinski definition) is 2. The Morgan fingerprint density at radius 1 is 1.61 bits per heavy atom. The molecular weight excluding hydrogens is 236 g/mol. The Kier molecular flexibility index (Phi) is 3.61. The number of likely N-dealkylation sites (N-methyl/N-ethyl adjacent to an activating group) is 1. The first-order chi connectivity index (χ1) is 8.63. The highest BCUT2D eigenvalue weighted by Gasteiger charge is 2.28. The van der Waals surface area contributed by atoms with Crippen molar-refractivity contribution < 1.29 is 9.72 Å². The van der Waals surface area contributed by atoms with Gasteiger partial charge in [0.2, 0.25) is 0 Å². The van der Waals surface area contributed by atoms with Crippen molar-refractivity contribution in [3.8, 4) is 0 Å². The number of nitrogens with zero attached hydrogens (tertiary/aromatic N) is 2. The first-order valence-electron chi connectivity index (χ1n) is 5.98. The molecule has 1 aliphatic rings. The summed E-state index contributed by atoms with van der Waals surface area (Å²) in [6.45, 7) is 4.19. The zero-order valence-electron chi connectivity index (χ0n) is 10.2. The van der Waals surface area contributed by atoms with Crippen molar-refractivity contribution in [2.24, 2.45) is 0 Å². The van der Waals surface area contributed by atoms with Crippen molar-refractivity contribution in [2.45, 2.75) is 19.4 Å². The molecule has 1 saturated heterocycles. The predicted octanol–water partition coefficient (Wildman–Crippen LogP) is 0.747. The highest BCUT2D eigenvalue weighted by atomic mass is 16.6. The van der Waals surface area contributed by atoms with Gasteiger partial charge in [0, 0.05) is 25.2 Å². The fourth-order valence-corrected chi connectivity index (χ4v) is 2.24. The van der Waals surface area contributed by atoms with Gasteiger partial charge in [-0.25, -0.2) is 4.98 Å². The van der Waals surface area contributed by atoms with Gasteiger partial charge >= 0.3 is 5.82 Å². The molecule has 2 N–H and O–H groups in total. The molecule has 7 nitrogen and oxygen atoms in total. The second kappa shape index (κ2) is 5.18. The van der Waals surface area contributed by atoms with E-state index in [9.17, 15) is 14.9 Å². The molecule has 1 fully saturated rings. The van der Waals surface area contributed by atoms with E-state index in [2.05, 4.69) is 10.3 Å². The topological polar surface area (TPSA) is 91.3 Å². The Morgan fingerprint density at radius 2 is 2.39 bits per heavy atom. The minimum absolute atomic E-state index is 0.154. The summed E-state index contributed by atoms with van der Waals surface area (Å²) in [7, 11) is 0. The van der Waals surface area contributed by atoms with Gasteiger partial charge in [-0.1, -0.05) is 0 Å². The van der Waals surface area contributed by atoms with E-state index in [4.69, 9.17) is 0 Å². The maximum atomic E-state index is 12.2. The van der Waals surface area contributed by atoms with Crippen LogP contribution < -0.4 is 5.32 Å². The van der Waals surface area contributed by atoms with Crippen LogP contribution in [-0.2, 0) is 0 Å². The summed E-state index contributed by atoms with van der Waals surface area (Å²) < 4.78 is 0. The van der Waals surface area contributed by atoms with Gasteiger partial charge in [-0.3, -0.25) is 4.79 Å². The van der Waals surface area contributed by atoms with Crippen LogP contribution in [0.15, 0.2) is 12.1 Å². The molecule has 2 heterocycles. The lowest BCUT2D eigenvalue weighted by Crippen LogP contribution is -2.41. The number of amides is 1. The molecule has 0 aliphatic carbocycles. The first kappa shape index (κ1) is 12.6. The fourth-order valence-electron chi connectivity index (χ4n) is 2.24. The Hall–Kier alpha value is -1.89. The van der Waals surface area contributed by atoms with Crippen molar-refractivity contribution in [1.82, 2.24) is 15.2 Å². The smallest absolute Gasteiger partial charge is 0.321 e. The first-order valence-corrected chi connectivity index (χ1v) is 5.98. The molecule has 1 unspecified atom stereocenters. The zero-order chi connectivity index (χ0) is 13.1. The highest BCUT2D eigenvalue weighted by molar-refractivity contribution is 5.93. The lowest BCUT2D eigenvalue weighted by molar-refractivity contribution is -0.389. The number of aromatic amines is 1. The van der Waals surface area contributed by atoms with Gasteiger partial charge in [-0.2, -0.15) is 0 Å². The maximum Gasteiger partial charge on any atom is 0.321 e. The molecule has 0 saturated carbocycles. The van der Waals surface area contributed by atoms with Gasteiger partial charge in [0.1, 0.15) is 0 Å². The Morgan fingerprint density at radius 3 is 2.89 bits per heavy atom. The summed E-state index contributed by atoms with van der Waals surface area (Å²) in [6.07, 6.45) is 0.919. The minimum Gasteiger partial charge on any atom is -0.358 e.